The molecule has 6 heteroatoms. The third-order valence-electron chi connectivity index (χ3n) is 3.05. The van der Waals surface area contributed by atoms with Gasteiger partial charge >= 0.3 is 0 Å². The molecule has 1 heterocycles. The van der Waals surface area contributed by atoms with Gasteiger partial charge in [-0.25, -0.2) is 4.39 Å². The van der Waals surface area contributed by atoms with Gasteiger partial charge in [-0.15, -0.1) is 0 Å². The highest BCUT2D eigenvalue weighted by molar-refractivity contribution is 5.97. The number of hydrogen-bond acceptors (Lipinski definition) is 3. The molecule has 1 atom stereocenters. The van der Waals surface area contributed by atoms with Crippen LogP contribution in [0.15, 0.2) is 30.5 Å². The Morgan fingerprint density at radius 3 is 2.65 bits per heavy atom. The first-order valence-corrected chi connectivity index (χ1v) is 6.40. The smallest absolute Gasteiger partial charge is 0.274 e. The number of halogens is 1. The summed E-state index contributed by atoms with van der Waals surface area (Å²) in [6.07, 6.45) is 1.62. The van der Waals surface area contributed by atoms with Crippen molar-refractivity contribution in [2.24, 2.45) is 0 Å². The van der Waals surface area contributed by atoms with Gasteiger partial charge in [-0.05, 0) is 31.5 Å². The van der Waals surface area contributed by atoms with Gasteiger partial charge in [-0.2, -0.15) is 5.10 Å². The first-order valence-electron chi connectivity index (χ1n) is 6.40. The maximum absolute atomic E-state index is 12.9. The maximum Gasteiger partial charge on any atom is 0.274 e. The molecule has 0 aliphatic rings. The number of rotatable bonds is 4. The van der Waals surface area contributed by atoms with Gasteiger partial charge in [0.05, 0.1) is 11.7 Å². The van der Waals surface area contributed by atoms with E-state index >= 15 is 0 Å². The molecule has 0 saturated heterocycles. The van der Waals surface area contributed by atoms with Crippen LogP contribution in [-0.2, 0) is 6.54 Å². The van der Waals surface area contributed by atoms with Gasteiger partial charge in [0.1, 0.15) is 5.82 Å². The summed E-state index contributed by atoms with van der Waals surface area (Å²) >= 11 is 0. The zero-order valence-corrected chi connectivity index (χ0v) is 11.4. The van der Waals surface area contributed by atoms with E-state index < -0.39 is 0 Å². The summed E-state index contributed by atoms with van der Waals surface area (Å²) in [6, 6.07) is 5.73. The molecule has 0 radical (unpaired) electrons. The van der Waals surface area contributed by atoms with E-state index in [4.69, 9.17) is 5.73 Å². The summed E-state index contributed by atoms with van der Waals surface area (Å²) in [4.78, 5) is 12.1. The lowest BCUT2D eigenvalue weighted by Crippen LogP contribution is -2.27. The summed E-state index contributed by atoms with van der Waals surface area (Å²) < 4.78 is 14.5. The van der Waals surface area contributed by atoms with Crippen LogP contribution in [0, 0.1) is 5.82 Å². The largest absolute Gasteiger partial charge is 0.396 e. The highest BCUT2D eigenvalue weighted by Crippen LogP contribution is 2.15. The number of nitrogen functional groups attached to an aromatic ring is 1. The molecule has 1 amide bonds. The molecule has 106 valence electrons. The Bertz CT molecular complexity index is 606. The molecular weight excluding hydrogens is 259 g/mol. The van der Waals surface area contributed by atoms with E-state index in [2.05, 4.69) is 10.4 Å². The summed E-state index contributed by atoms with van der Waals surface area (Å²) in [7, 11) is 0. The third kappa shape index (κ3) is 2.96. The summed E-state index contributed by atoms with van der Waals surface area (Å²) in [5.74, 6) is -0.648. The molecule has 1 aromatic heterocycles. The van der Waals surface area contributed by atoms with E-state index in [1.807, 2.05) is 13.8 Å². The minimum absolute atomic E-state index is 0.209. The molecule has 1 unspecified atom stereocenters. The predicted molar refractivity (Wildman–Crippen MR) is 74.6 cm³/mol. The van der Waals surface area contributed by atoms with Crippen LogP contribution < -0.4 is 11.1 Å². The zero-order chi connectivity index (χ0) is 14.7. The van der Waals surface area contributed by atoms with Crippen molar-refractivity contribution in [2.75, 3.05) is 5.73 Å². The van der Waals surface area contributed by atoms with Crippen molar-refractivity contribution < 1.29 is 9.18 Å². The van der Waals surface area contributed by atoms with Crippen LogP contribution in [0.3, 0.4) is 0 Å². The van der Waals surface area contributed by atoms with Gasteiger partial charge in [0, 0.05) is 12.7 Å². The first kappa shape index (κ1) is 14.0. The predicted octanol–water partition coefficient (Wildman–Crippen LogP) is 2.12. The average Bonchev–Trinajstić information content (AvgIpc) is 2.80. The molecule has 5 nitrogen and oxygen atoms in total. The Labute approximate surface area is 116 Å². The molecule has 0 aliphatic heterocycles. The number of carbonyl (C=O) groups is 1. The van der Waals surface area contributed by atoms with E-state index in [1.165, 1.54) is 12.1 Å². The van der Waals surface area contributed by atoms with Crippen molar-refractivity contribution in [3.05, 3.63) is 47.5 Å². The Balaban J connectivity index is 2.10. The number of nitrogens with zero attached hydrogens (tertiary/aromatic N) is 2. The SMILES string of the molecule is CCn1cc(N)c(C(=O)NC(C)c2ccc(F)cc2)n1. The number of hydrogen-bond donors (Lipinski definition) is 2. The number of carbonyl (C=O) groups excluding carboxylic acids is 1. The van der Waals surface area contributed by atoms with Crippen LogP contribution in [-0.4, -0.2) is 15.7 Å². The molecule has 3 N–H and O–H groups in total. The molecule has 20 heavy (non-hydrogen) atoms. The Kier molecular flexibility index (Phi) is 4.02. The zero-order valence-electron chi connectivity index (χ0n) is 11.4. The number of nitrogens with two attached hydrogens (primary N) is 1. The van der Waals surface area contributed by atoms with Crippen molar-refractivity contribution in [1.29, 1.82) is 0 Å². The fraction of sp³-hybridized carbons (Fsp3) is 0.286. The minimum atomic E-state index is -0.341. The standard InChI is InChI=1S/C14H17FN4O/c1-3-19-8-12(16)13(18-19)14(20)17-9(2)10-4-6-11(15)7-5-10/h4-9H,3,16H2,1-2H3,(H,17,20). The van der Waals surface area contributed by atoms with E-state index in [0.717, 1.165) is 5.56 Å². The number of nitrogens with one attached hydrogen (secondary N) is 1. The van der Waals surface area contributed by atoms with Gasteiger partial charge in [-0.1, -0.05) is 12.1 Å². The summed E-state index contributed by atoms with van der Waals surface area (Å²) in [6.45, 7) is 4.37. The van der Waals surface area contributed by atoms with Crippen LogP contribution >= 0.6 is 0 Å². The van der Waals surface area contributed by atoms with E-state index in [0.29, 0.717) is 12.2 Å². The second-order valence-corrected chi connectivity index (χ2v) is 4.54. The van der Waals surface area contributed by atoms with Gasteiger partial charge in [0.2, 0.25) is 0 Å². The molecule has 0 aliphatic carbocycles. The van der Waals surface area contributed by atoms with Crippen LogP contribution in [0.2, 0.25) is 0 Å². The van der Waals surface area contributed by atoms with Crippen LogP contribution in [0.4, 0.5) is 10.1 Å². The third-order valence-corrected chi connectivity index (χ3v) is 3.05. The summed E-state index contributed by atoms with van der Waals surface area (Å²) in [5, 5.41) is 6.90. The van der Waals surface area contributed by atoms with Crippen LogP contribution in [0.5, 0.6) is 0 Å². The van der Waals surface area contributed by atoms with Crippen molar-refractivity contribution >= 4 is 11.6 Å². The first-order chi connectivity index (χ1) is 9.51. The lowest BCUT2D eigenvalue weighted by molar-refractivity contribution is 0.0935. The number of aromatic nitrogens is 2. The Morgan fingerprint density at radius 2 is 2.10 bits per heavy atom. The quantitative estimate of drug-likeness (QED) is 0.898. The highest BCUT2D eigenvalue weighted by atomic mass is 19.1. The monoisotopic (exact) mass is 276 g/mol. The highest BCUT2D eigenvalue weighted by Gasteiger charge is 2.17. The minimum Gasteiger partial charge on any atom is -0.396 e. The second kappa shape index (κ2) is 5.73. The van der Waals surface area contributed by atoms with Crippen LogP contribution in [0.25, 0.3) is 0 Å². The van der Waals surface area contributed by atoms with Crippen molar-refractivity contribution in [1.82, 2.24) is 15.1 Å². The molecule has 0 saturated carbocycles. The van der Waals surface area contributed by atoms with Crippen LogP contribution in [0.1, 0.15) is 35.9 Å². The van der Waals surface area contributed by atoms with E-state index in [1.54, 1.807) is 23.0 Å². The van der Waals surface area contributed by atoms with E-state index in [-0.39, 0.29) is 23.5 Å². The lowest BCUT2D eigenvalue weighted by Gasteiger charge is -2.13. The average molecular weight is 276 g/mol. The molecule has 0 fully saturated rings. The molecule has 2 aromatic rings. The number of amides is 1. The number of aryl methyl sites for hydroxylation is 1. The number of anilines is 1. The Hall–Kier alpha value is -2.37. The molecule has 2 rings (SSSR count). The van der Waals surface area contributed by atoms with Crippen molar-refractivity contribution in [3.8, 4) is 0 Å². The van der Waals surface area contributed by atoms with Crippen molar-refractivity contribution in [2.45, 2.75) is 26.4 Å². The summed E-state index contributed by atoms with van der Waals surface area (Å²) in [5.41, 5.74) is 7.12. The molecule has 1 aromatic carbocycles. The number of benzene rings is 1. The van der Waals surface area contributed by atoms with Gasteiger partial charge in [-0.3, -0.25) is 9.48 Å². The molecular formula is C14H17FN4O. The topological polar surface area (TPSA) is 72.9 Å². The fourth-order valence-corrected chi connectivity index (χ4v) is 1.88. The van der Waals surface area contributed by atoms with Gasteiger partial charge in [0.25, 0.3) is 5.91 Å². The van der Waals surface area contributed by atoms with E-state index in [9.17, 15) is 9.18 Å². The van der Waals surface area contributed by atoms with Gasteiger partial charge in [0.15, 0.2) is 5.69 Å². The molecule has 0 spiro atoms. The maximum atomic E-state index is 12.9. The molecule has 0 bridgehead atoms. The normalized spacial score (nSPS) is 12.2. The fourth-order valence-electron chi connectivity index (χ4n) is 1.88. The van der Waals surface area contributed by atoms with Crippen molar-refractivity contribution in [3.63, 3.8) is 0 Å². The Morgan fingerprint density at radius 1 is 1.45 bits per heavy atom. The second-order valence-electron chi connectivity index (χ2n) is 4.54. The lowest BCUT2D eigenvalue weighted by atomic mass is 10.1. The van der Waals surface area contributed by atoms with Gasteiger partial charge < -0.3 is 11.1 Å².